The molecule has 26 heavy (non-hydrogen) atoms. The van der Waals surface area contributed by atoms with Gasteiger partial charge in [-0.1, -0.05) is 0 Å². The third kappa shape index (κ3) is 4.12. The van der Waals surface area contributed by atoms with Gasteiger partial charge in [-0.15, -0.1) is 0 Å². The molecule has 142 valence electrons. The third-order valence-electron chi connectivity index (χ3n) is 5.07. The molecular weight excluding hydrogens is 334 g/mol. The topological polar surface area (TPSA) is 89.9 Å². The molecule has 0 spiro atoms. The van der Waals surface area contributed by atoms with Gasteiger partial charge in [-0.3, -0.25) is 9.59 Å². The summed E-state index contributed by atoms with van der Waals surface area (Å²) in [6.45, 7) is 6.46. The summed E-state index contributed by atoms with van der Waals surface area (Å²) in [4.78, 5) is 38.7. The molecule has 3 heterocycles. The zero-order chi connectivity index (χ0) is 18.7. The quantitative estimate of drug-likeness (QED) is 0.822. The van der Waals surface area contributed by atoms with E-state index in [-0.39, 0.29) is 24.9 Å². The van der Waals surface area contributed by atoms with E-state index in [1.54, 1.807) is 16.0 Å². The number of anilines is 1. The summed E-state index contributed by atoms with van der Waals surface area (Å²) in [7, 11) is 0. The molecule has 0 unspecified atom stereocenters. The molecule has 0 saturated carbocycles. The van der Waals surface area contributed by atoms with E-state index in [1.165, 1.54) is 13.3 Å². The zero-order valence-electron chi connectivity index (χ0n) is 15.5. The molecule has 8 nitrogen and oxygen atoms in total. The summed E-state index contributed by atoms with van der Waals surface area (Å²) in [5.74, 6) is 0.387. The number of aliphatic hydroxyl groups is 1. The van der Waals surface area contributed by atoms with Crippen LogP contribution >= 0.6 is 0 Å². The Morgan fingerprint density at radius 1 is 1.08 bits per heavy atom. The number of hydrogen-bond acceptors (Lipinski definition) is 6. The van der Waals surface area contributed by atoms with Gasteiger partial charge in [-0.2, -0.15) is 0 Å². The van der Waals surface area contributed by atoms with Crippen molar-refractivity contribution in [2.45, 2.75) is 39.2 Å². The van der Waals surface area contributed by atoms with E-state index >= 15 is 0 Å². The number of aliphatic hydroxyl groups excluding tert-OH is 1. The second-order valence-electron chi connectivity index (χ2n) is 7.09. The van der Waals surface area contributed by atoms with E-state index in [4.69, 9.17) is 0 Å². The van der Waals surface area contributed by atoms with Gasteiger partial charge in [0.1, 0.15) is 0 Å². The second kappa shape index (κ2) is 7.99. The normalized spacial score (nSPS) is 21.5. The van der Waals surface area contributed by atoms with Crippen molar-refractivity contribution in [3.63, 3.8) is 0 Å². The zero-order valence-corrected chi connectivity index (χ0v) is 15.5. The Morgan fingerprint density at radius 3 is 2.38 bits per heavy atom. The van der Waals surface area contributed by atoms with Crippen molar-refractivity contribution in [2.24, 2.45) is 0 Å². The van der Waals surface area contributed by atoms with Crippen LogP contribution in [0, 0.1) is 6.92 Å². The Kier molecular flexibility index (Phi) is 5.70. The number of nitrogens with zero attached hydrogens (tertiary/aromatic N) is 5. The monoisotopic (exact) mass is 361 g/mol. The second-order valence-corrected chi connectivity index (χ2v) is 7.09. The van der Waals surface area contributed by atoms with Gasteiger partial charge < -0.3 is 19.8 Å². The van der Waals surface area contributed by atoms with Gasteiger partial charge in [0.05, 0.1) is 17.4 Å². The number of β-amino-alcohol motifs (C(OH)–C–C–N with tert-alkyl or cyclic N) is 1. The largest absolute Gasteiger partial charge is 0.389 e. The van der Waals surface area contributed by atoms with Crippen LogP contribution in [0.4, 0.5) is 5.95 Å². The van der Waals surface area contributed by atoms with Crippen molar-refractivity contribution in [1.82, 2.24) is 19.8 Å². The van der Waals surface area contributed by atoms with E-state index < -0.39 is 6.10 Å². The van der Waals surface area contributed by atoms with Crippen molar-refractivity contribution in [3.8, 4) is 0 Å². The van der Waals surface area contributed by atoms with E-state index in [0.717, 1.165) is 25.9 Å². The minimum Gasteiger partial charge on any atom is -0.389 e. The smallest absolute Gasteiger partial charge is 0.257 e. The molecule has 2 saturated heterocycles. The molecule has 2 fully saturated rings. The molecule has 2 aliphatic heterocycles. The first-order chi connectivity index (χ1) is 12.5. The Labute approximate surface area is 153 Å². The standard InChI is InChI=1S/C18H27N5O3/c1-13-16(10-19-18(20-13)21-6-4-3-5-7-21)17(26)23-9-8-22(14(2)24)11-15(25)12-23/h10,15,25H,3-9,11-12H2,1-2H3/t15-/m0/s1. The van der Waals surface area contributed by atoms with Gasteiger partial charge in [0.15, 0.2) is 0 Å². The van der Waals surface area contributed by atoms with Crippen LogP contribution in [0.3, 0.4) is 0 Å². The molecule has 0 aliphatic carbocycles. The molecule has 8 heteroatoms. The maximum Gasteiger partial charge on any atom is 0.257 e. The minimum atomic E-state index is -0.751. The Bertz CT molecular complexity index is 675. The molecular formula is C18H27N5O3. The maximum absolute atomic E-state index is 12.9. The molecule has 0 radical (unpaired) electrons. The molecule has 2 aliphatic rings. The fourth-order valence-corrected chi connectivity index (χ4v) is 3.54. The SMILES string of the molecule is CC(=O)N1CCN(C(=O)c2cnc(N3CCCCC3)nc2C)C[C@@H](O)C1. The number of amides is 2. The molecule has 0 bridgehead atoms. The van der Waals surface area contributed by atoms with Gasteiger partial charge in [0, 0.05) is 52.4 Å². The number of aromatic nitrogens is 2. The summed E-state index contributed by atoms with van der Waals surface area (Å²) < 4.78 is 0. The summed E-state index contributed by atoms with van der Waals surface area (Å²) in [5.41, 5.74) is 1.10. The van der Waals surface area contributed by atoms with Crippen LogP contribution in [0.2, 0.25) is 0 Å². The Hall–Kier alpha value is -2.22. The lowest BCUT2D eigenvalue weighted by Gasteiger charge is -2.27. The first-order valence-electron chi connectivity index (χ1n) is 9.27. The highest BCUT2D eigenvalue weighted by Crippen LogP contribution is 2.18. The lowest BCUT2D eigenvalue weighted by molar-refractivity contribution is -0.129. The molecule has 1 atom stereocenters. The number of carbonyl (C=O) groups excluding carboxylic acids is 2. The third-order valence-corrected chi connectivity index (χ3v) is 5.07. The lowest BCUT2D eigenvalue weighted by Crippen LogP contribution is -2.38. The highest BCUT2D eigenvalue weighted by molar-refractivity contribution is 5.95. The van der Waals surface area contributed by atoms with Crippen LogP contribution in [0.25, 0.3) is 0 Å². The highest BCUT2D eigenvalue weighted by Gasteiger charge is 2.27. The van der Waals surface area contributed by atoms with E-state index in [0.29, 0.717) is 30.3 Å². The van der Waals surface area contributed by atoms with Crippen molar-refractivity contribution in [3.05, 3.63) is 17.5 Å². The average molecular weight is 361 g/mol. The van der Waals surface area contributed by atoms with E-state index in [1.807, 2.05) is 6.92 Å². The number of aryl methyl sites for hydroxylation is 1. The first kappa shape index (κ1) is 18.6. The van der Waals surface area contributed by atoms with Gasteiger partial charge in [-0.25, -0.2) is 9.97 Å². The molecule has 2 amide bonds. The van der Waals surface area contributed by atoms with Crippen LogP contribution in [-0.4, -0.2) is 82.1 Å². The lowest BCUT2D eigenvalue weighted by atomic mass is 10.1. The van der Waals surface area contributed by atoms with Crippen molar-refractivity contribution in [2.75, 3.05) is 44.2 Å². The van der Waals surface area contributed by atoms with E-state index in [2.05, 4.69) is 14.9 Å². The molecule has 1 N–H and O–H groups in total. The fraction of sp³-hybridized carbons (Fsp3) is 0.667. The number of hydrogen-bond donors (Lipinski definition) is 1. The predicted octanol–water partition coefficient (Wildman–Crippen LogP) is 0.441. The average Bonchev–Trinajstić information content (AvgIpc) is 2.83. The maximum atomic E-state index is 12.9. The van der Waals surface area contributed by atoms with Crippen LogP contribution in [-0.2, 0) is 4.79 Å². The van der Waals surface area contributed by atoms with Gasteiger partial charge in [-0.05, 0) is 26.2 Å². The van der Waals surface area contributed by atoms with E-state index in [9.17, 15) is 14.7 Å². The van der Waals surface area contributed by atoms with Crippen molar-refractivity contribution >= 4 is 17.8 Å². The Balaban J connectivity index is 1.73. The highest BCUT2D eigenvalue weighted by atomic mass is 16.3. The van der Waals surface area contributed by atoms with Crippen LogP contribution in [0.15, 0.2) is 6.20 Å². The van der Waals surface area contributed by atoms with Gasteiger partial charge in [0.25, 0.3) is 5.91 Å². The molecule has 1 aromatic heterocycles. The molecule has 1 aromatic rings. The van der Waals surface area contributed by atoms with Crippen LogP contribution in [0.1, 0.15) is 42.2 Å². The summed E-state index contributed by atoms with van der Waals surface area (Å²) in [5, 5.41) is 10.1. The summed E-state index contributed by atoms with van der Waals surface area (Å²) in [6.07, 6.45) is 4.36. The molecule has 3 rings (SSSR count). The fourth-order valence-electron chi connectivity index (χ4n) is 3.54. The number of rotatable bonds is 2. The number of piperidine rings is 1. The molecule has 0 aromatic carbocycles. The summed E-state index contributed by atoms with van der Waals surface area (Å²) >= 11 is 0. The van der Waals surface area contributed by atoms with Crippen LogP contribution in [0.5, 0.6) is 0 Å². The van der Waals surface area contributed by atoms with Crippen LogP contribution < -0.4 is 4.90 Å². The van der Waals surface area contributed by atoms with Crippen molar-refractivity contribution in [1.29, 1.82) is 0 Å². The first-order valence-corrected chi connectivity index (χ1v) is 9.27. The Morgan fingerprint density at radius 2 is 1.73 bits per heavy atom. The van der Waals surface area contributed by atoms with Gasteiger partial charge >= 0.3 is 0 Å². The summed E-state index contributed by atoms with van der Waals surface area (Å²) in [6, 6.07) is 0. The van der Waals surface area contributed by atoms with Crippen molar-refractivity contribution < 1.29 is 14.7 Å². The number of carbonyl (C=O) groups is 2. The predicted molar refractivity (Wildman–Crippen MR) is 97.0 cm³/mol. The van der Waals surface area contributed by atoms with Gasteiger partial charge in [0.2, 0.25) is 11.9 Å². The minimum absolute atomic E-state index is 0.0938.